The Kier molecular flexibility index (Phi) is 5.82. The molecule has 0 atom stereocenters. The third kappa shape index (κ3) is 5.74. The second-order valence-corrected chi connectivity index (χ2v) is 6.04. The summed E-state index contributed by atoms with van der Waals surface area (Å²) in [6, 6.07) is 0. The van der Waals surface area contributed by atoms with E-state index in [1.807, 2.05) is 20.8 Å². The summed E-state index contributed by atoms with van der Waals surface area (Å²) < 4.78 is 25.0. The Morgan fingerprint density at radius 2 is 2.00 bits per heavy atom. The number of rotatable bonds is 7. The van der Waals surface area contributed by atoms with Crippen LogP contribution >= 0.6 is 0 Å². The van der Waals surface area contributed by atoms with E-state index in [2.05, 4.69) is 0 Å². The molecule has 5 nitrogen and oxygen atoms in total. The Morgan fingerprint density at radius 1 is 1.47 bits per heavy atom. The molecule has 0 radical (unpaired) electrons. The van der Waals surface area contributed by atoms with Gasteiger partial charge < -0.3 is 5.73 Å². The van der Waals surface area contributed by atoms with Gasteiger partial charge in [-0.3, -0.25) is 5.41 Å². The van der Waals surface area contributed by atoms with E-state index in [9.17, 15) is 8.42 Å². The molecule has 6 heteroatoms. The van der Waals surface area contributed by atoms with Crippen molar-refractivity contribution in [3.8, 4) is 0 Å². The van der Waals surface area contributed by atoms with Crippen LogP contribution in [0.4, 0.5) is 0 Å². The monoisotopic (exact) mass is 235 g/mol. The van der Waals surface area contributed by atoms with Gasteiger partial charge in [0.15, 0.2) is 0 Å². The van der Waals surface area contributed by atoms with Crippen molar-refractivity contribution in [1.82, 2.24) is 4.31 Å². The SMILES string of the molecule is CCCN(CC(=N)N)S(=O)(=O)CC(C)C. The van der Waals surface area contributed by atoms with Gasteiger partial charge in [0.25, 0.3) is 0 Å². The van der Waals surface area contributed by atoms with Crippen molar-refractivity contribution in [3.05, 3.63) is 0 Å². The molecule has 0 spiro atoms. The van der Waals surface area contributed by atoms with Gasteiger partial charge in [0.1, 0.15) is 5.84 Å². The highest BCUT2D eigenvalue weighted by atomic mass is 32.2. The summed E-state index contributed by atoms with van der Waals surface area (Å²) in [4.78, 5) is 0. The first-order valence-corrected chi connectivity index (χ1v) is 6.71. The Balaban J connectivity index is 4.66. The molecular weight excluding hydrogens is 214 g/mol. The first kappa shape index (κ1) is 14.4. The van der Waals surface area contributed by atoms with Crippen LogP contribution < -0.4 is 5.73 Å². The van der Waals surface area contributed by atoms with Crippen LogP contribution in [-0.2, 0) is 10.0 Å². The lowest BCUT2D eigenvalue weighted by atomic mass is 10.3. The molecule has 0 amide bonds. The van der Waals surface area contributed by atoms with E-state index in [1.165, 1.54) is 4.31 Å². The van der Waals surface area contributed by atoms with Crippen LogP contribution in [0, 0.1) is 11.3 Å². The molecule has 0 unspecified atom stereocenters. The maximum Gasteiger partial charge on any atom is 0.214 e. The van der Waals surface area contributed by atoms with Crippen molar-refractivity contribution < 1.29 is 8.42 Å². The van der Waals surface area contributed by atoms with Crippen molar-refractivity contribution in [2.24, 2.45) is 11.7 Å². The minimum absolute atomic E-state index is 0.00287. The number of nitrogens with zero attached hydrogens (tertiary/aromatic N) is 1. The van der Waals surface area contributed by atoms with Gasteiger partial charge in [-0.25, -0.2) is 8.42 Å². The highest BCUT2D eigenvalue weighted by molar-refractivity contribution is 7.89. The number of hydrogen-bond acceptors (Lipinski definition) is 3. The third-order valence-corrected chi connectivity index (χ3v) is 3.94. The van der Waals surface area contributed by atoms with E-state index < -0.39 is 10.0 Å². The van der Waals surface area contributed by atoms with E-state index >= 15 is 0 Å². The van der Waals surface area contributed by atoms with Gasteiger partial charge in [-0.05, 0) is 12.3 Å². The number of amidine groups is 1. The van der Waals surface area contributed by atoms with Crippen LogP contribution in [0.1, 0.15) is 27.2 Å². The predicted molar refractivity (Wildman–Crippen MR) is 62.4 cm³/mol. The van der Waals surface area contributed by atoms with Gasteiger partial charge in [-0.2, -0.15) is 4.31 Å². The van der Waals surface area contributed by atoms with Gasteiger partial charge in [0, 0.05) is 6.54 Å². The van der Waals surface area contributed by atoms with Gasteiger partial charge in [0.05, 0.1) is 12.3 Å². The minimum atomic E-state index is -3.27. The van der Waals surface area contributed by atoms with Crippen molar-refractivity contribution in [2.75, 3.05) is 18.8 Å². The van der Waals surface area contributed by atoms with Crippen LogP contribution in [-0.4, -0.2) is 37.4 Å². The van der Waals surface area contributed by atoms with Crippen LogP contribution in [0.25, 0.3) is 0 Å². The molecule has 0 fully saturated rings. The maximum atomic E-state index is 11.8. The van der Waals surface area contributed by atoms with Crippen LogP contribution in [0.2, 0.25) is 0 Å². The summed E-state index contributed by atoms with van der Waals surface area (Å²) >= 11 is 0. The molecule has 0 aromatic heterocycles. The summed E-state index contributed by atoms with van der Waals surface area (Å²) in [7, 11) is -3.27. The molecule has 0 saturated heterocycles. The Hall–Kier alpha value is -0.620. The first-order valence-electron chi connectivity index (χ1n) is 5.10. The fourth-order valence-corrected chi connectivity index (χ4v) is 3.13. The average molecular weight is 235 g/mol. The van der Waals surface area contributed by atoms with Gasteiger partial charge >= 0.3 is 0 Å². The average Bonchev–Trinajstić information content (AvgIpc) is 2.00. The molecule has 0 aliphatic rings. The molecular formula is C9H21N3O2S. The van der Waals surface area contributed by atoms with Gasteiger partial charge in [0.2, 0.25) is 10.0 Å². The number of hydrogen-bond donors (Lipinski definition) is 2. The van der Waals surface area contributed by atoms with E-state index in [-0.39, 0.29) is 24.1 Å². The fourth-order valence-electron chi connectivity index (χ4n) is 1.28. The zero-order valence-electron chi connectivity index (χ0n) is 9.66. The number of nitrogens with one attached hydrogen (secondary N) is 1. The Labute approximate surface area is 92.2 Å². The molecule has 3 N–H and O–H groups in total. The predicted octanol–water partition coefficient (Wildman–Crippen LogP) is 0.620. The molecule has 0 heterocycles. The largest absolute Gasteiger partial charge is 0.387 e. The third-order valence-electron chi connectivity index (χ3n) is 1.76. The lowest BCUT2D eigenvalue weighted by Crippen LogP contribution is -2.40. The standard InChI is InChI=1S/C9H21N3O2S/c1-4-5-12(6-9(10)11)15(13,14)7-8(2)3/h8H,4-7H2,1-3H3,(H3,10,11). The lowest BCUT2D eigenvalue weighted by Gasteiger charge is -2.21. The van der Waals surface area contributed by atoms with Gasteiger partial charge in [-0.1, -0.05) is 20.8 Å². The molecule has 0 bridgehead atoms. The van der Waals surface area contributed by atoms with Crippen molar-refractivity contribution >= 4 is 15.9 Å². The molecule has 0 saturated carbocycles. The molecule has 0 aliphatic heterocycles. The summed E-state index contributed by atoms with van der Waals surface area (Å²) in [6.45, 7) is 6.04. The zero-order chi connectivity index (χ0) is 12.1. The van der Waals surface area contributed by atoms with Crippen molar-refractivity contribution in [1.29, 1.82) is 5.41 Å². The lowest BCUT2D eigenvalue weighted by molar-refractivity contribution is 0.442. The summed E-state index contributed by atoms with van der Waals surface area (Å²) in [5.74, 6) is 0.0809. The zero-order valence-corrected chi connectivity index (χ0v) is 10.5. The maximum absolute atomic E-state index is 11.8. The highest BCUT2D eigenvalue weighted by Crippen LogP contribution is 2.07. The molecule has 90 valence electrons. The van der Waals surface area contributed by atoms with Crippen LogP contribution in [0.3, 0.4) is 0 Å². The number of sulfonamides is 1. The topological polar surface area (TPSA) is 87.2 Å². The van der Waals surface area contributed by atoms with Crippen LogP contribution in [0.15, 0.2) is 0 Å². The quantitative estimate of drug-likeness (QED) is 0.501. The van der Waals surface area contributed by atoms with E-state index in [0.29, 0.717) is 6.54 Å². The normalized spacial score (nSPS) is 12.3. The smallest absolute Gasteiger partial charge is 0.214 e. The Morgan fingerprint density at radius 3 is 2.33 bits per heavy atom. The van der Waals surface area contributed by atoms with E-state index in [1.54, 1.807) is 0 Å². The summed E-state index contributed by atoms with van der Waals surface area (Å²) in [6.07, 6.45) is 0.727. The fraction of sp³-hybridized carbons (Fsp3) is 0.889. The number of nitrogens with two attached hydrogens (primary N) is 1. The van der Waals surface area contributed by atoms with Crippen LogP contribution in [0.5, 0.6) is 0 Å². The molecule has 0 aromatic rings. The highest BCUT2D eigenvalue weighted by Gasteiger charge is 2.22. The second-order valence-electron chi connectivity index (χ2n) is 4.03. The summed E-state index contributed by atoms with van der Waals surface area (Å²) in [5, 5.41) is 7.14. The van der Waals surface area contributed by atoms with E-state index in [4.69, 9.17) is 11.1 Å². The van der Waals surface area contributed by atoms with Gasteiger partial charge in [-0.15, -0.1) is 0 Å². The van der Waals surface area contributed by atoms with Crippen molar-refractivity contribution in [3.63, 3.8) is 0 Å². The first-order chi connectivity index (χ1) is 6.79. The molecule has 0 aromatic carbocycles. The summed E-state index contributed by atoms with van der Waals surface area (Å²) in [5.41, 5.74) is 5.23. The van der Waals surface area contributed by atoms with E-state index in [0.717, 1.165) is 6.42 Å². The second kappa shape index (κ2) is 6.07. The molecule has 0 rings (SSSR count). The minimum Gasteiger partial charge on any atom is -0.387 e. The molecule has 0 aliphatic carbocycles. The Bertz CT molecular complexity index is 298. The van der Waals surface area contributed by atoms with Crippen molar-refractivity contribution in [2.45, 2.75) is 27.2 Å². The molecule has 15 heavy (non-hydrogen) atoms.